The van der Waals surface area contributed by atoms with Crippen LogP contribution in [0.4, 0.5) is 8.78 Å². The summed E-state index contributed by atoms with van der Waals surface area (Å²) in [5.74, 6) is -1.48. The topological polar surface area (TPSA) is 51.8 Å². The minimum atomic E-state index is -0.851. The summed E-state index contributed by atoms with van der Waals surface area (Å²) in [5.41, 5.74) is 7.17. The molecule has 0 amide bonds. The van der Waals surface area contributed by atoms with Crippen molar-refractivity contribution in [1.29, 1.82) is 0 Å². The molecule has 0 aliphatic carbocycles. The molecular weight excluding hydrogens is 268 g/mol. The first-order valence-electron chi connectivity index (χ1n) is 6.01. The average molecular weight is 283 g/mol. The predicted molar refractivity (Wildman–Crippen MR) is 71.0 cm³/mol. The lowest BCUT2D eigenvalue weighted by molar-refractivity contribution is 0.494. The molecule has 0 fully saturated rings. The molecule has 0 saturated carbocycles. The second kappa shape index (κ2) is 5.71. The fraction of sp³-hybridized carbons (Fsp3) is 0.385. The number of aromatic nitrogens is 2. The number of nitrogens with two attached hydrogens (primary N) is 1. The van der Waals surface area contributed by atoms with E-state index in [2.05, 4.69) is 9.59 Å². The Kier molecular flexibility index (Phi) is 4.21. The highest BCUT2D eigenvalue weighted by Crippen LogP contribution is 2.27. The Morgan fingerprint density at radius 3 is 2.74 bits per heavy atom. The molecule has 0 saturated heterocycles. The van der Waals surface area contributed by atoms with E-state index in [0.717, 1.165) is 16.6 Å². The van der Waals surface area contributed by atoms with Gasteiger partial charge >= 0.3 is 0 Å². The van der Waals surface area contributed by atoms with Crippen molar-refractivity contribution in [1.82, 2.24) is 9.59 Å². The van der Waals surface area contributed by atoms with Gasteiger partial charge in [0.2, 0.25) is 0 Å². The molecule has 3 nitrogen and oxygen atoms in total. The molecule has 1 unspecified atom stereocenters. The molecule has 1 heterocycles. The van der Waals surface area contributed by atoms with Crippen LogP contribution in [0.3, 0.4) is 0 Å². The predicted octanol–water partition coefficient (Wildman–Crippen LogP) is 3.18. The van der Waals surface area contributed by atoms with Crippen LogP contribution in [0.2, 0.25) is 0 Å². The molecule has 0 aliphatic rings. The van der Waals surface area contributed by atoms with Crippen LogP contribution in [0, 0.1) is 11.6 Å². The summed E-state index contributed by atoms with van der Waals surface area (Å²) in [7, 11) is 0. The highest BCUT2D eigenvalue weighted by atomic mass is 32.1. The van der Waals surface area contributed by atoms with Crippen molar-refractivity contribution in [2.24, 2.45) is 5.73 Å². The van der Waals surface area contributed by atoms with Gasteiger partial charge in [-0.2, -0.15) is 0 Å². The summed E-state index contributed by atoms with van der Waals surface area (Å²) in [4.78, 5) is 0.832. The largest absolute Gasteiger partial charge is 0.323 e. The molecular formula is C13H15F2N3S. The molecule has 6 heteroatoms. The minimum Gasteiger partial charge on any atom is -0.323 e. The fourth-order valence-electron chi connectivity index (χ4n) is 1.90. The summed E-state index contributed by atoms with van der Waals surface area (Å²) in [6, 6.07) is 3.70. The van der Waals surface area contributed by atoms with Gasteiger partial charge in [0.15, 0.2) is 11.6 Å². The van der Waals surface area contributed by atoms with E-state index in [1.54, 1.807) is 6.07 Å². The molecule has 0 radical (unpaired) electrons. The molecule has 2 aromatic rings. The van der Waals surface area contributed by atoms with Crippen molar-refractivity contribution in [3.63, 3.8) is 0 Å². The van der Waals surface area contributed by atoms with Crippen LogP contribution in [0.15, 0.2) is 18.2 Å². The summed E-state index contributed by atoms with van der Waals surface area (Å²) < 4.78 is 30.6. The standard InChI is InChI=1S/C13H15F2N3S/c1-7(2)12-13(19-18-17-12)10(16)6-8-4-3-5-9(14)11(8)15/h3-5,7,10H,6,16H2,1-2H3. The van der Waals surface area contributed by atoms with Gasteiger partial charge < -0.3 is 5.73 Å². The maximum Gasteiger partial charge on any atom is 0.162 e. The van der Waals surface area contributed by atoms with E-state index in [1.165, 1.54) is 17.6 Å². The first-order chi connectivity index (χ1) is 9.00. The number of rotatable bonds is 4. The molecule has 0 aliphatic heterocycles. The highest BCUT2D eigenvalue weighted by molar-refractivity contribution is 7.05. The number of hydrogen-bond acceptors (Lipinski definition) is 4. The molecule has 1 aromatic carbocycles. The third kappa shape index (κ3) is 2.96. The zero-order valence-electron chi connectivity index (χ0n) is 10.7. The molecule has 1 aromatic heterocycles. The Bertz CT molecular complexity index is 569. The van der Waals surface area contributed by atoms with E-state index in [-0.39, 0.29) is 17.9 Å². The quantitative estimate of drug-likeness (QED) is 0.937. The molecule has 1 atom stereocenters. The van der Waals surface area contributed by atoms with Gasteiger partial charge in [-0.25, -0.2) is 8.78 Å². The van der Waals surface area contributed by atoms with Gasteiger partial charge in [0.25, 0.3) is 0 Å². The second-order valence-electron chi connectivity index (χ2n) is 4.70. The maximum atomic E-state index is 13.6. The van der Waals surface area contributed by atoms with Crippen molar-refractivity contribution < 1.29 is 8.78 Å². The summed E-state index contributed by atoms with van der Waals surface area (Å²) in [6.07, 6.45) is 0.229. The van der Waals surface area contributed by atoms with Gasteiger partial charge in [-0.05, 0) is 35.5 Å². The maximum absolute atomic E-state index is 13.6. The monoisotopic (exact) mass is 283 g/mol. The van der Waals surface area contributed by atoms with E-state index in [0.29, 0.717) is 0 Å². The lowest BCUT2D eigenvalue weighted by atomic mass is 10.0. The first kappa shape index (κ1) is 14.0. The minimum absolute atomic E-state index is 0.206. The lowest BCUT2D eigenvalue weighted by Gasteiger charge is -2.13. The molecule has 0 spiro atoms. The Balaban J connectivity index is 2.23. The van der Waals surface area contributed by atoms with E-state index >= 15 is 0 Å². The van der Waals surface area contributed by atoms with Crippen LogP contribution in [-0.4, -0.2) is 9.59 Å². The Morgan fingerprint density at radius 1 is 1.32 bits per heavy atom. The van der Waals surface area contributed by atoms with Crippen LogP contribution in [0.1, 0.15) is 41.9 Å². The SMILES string of the molecule is CC(C)c1nnsc1C(N)Cc1cccc(F)c1F. The van der Waals surface area contributed by atoms with Crippen LogP contribution in [0.5, 0.6) is 0 Å². The lowest BCUT2D eigenvalue weighted by Crippen LogP contribution is -2.15. The Labute approximate surface area is 114 Å². The summed E-state index contributed by atoms with van der Waals surface area (Å²) in [6.45, 7) is 3.99. The van der Waals surface area contributed by atoms with Gasteiger partial charge in [0.1, 0.15) is 0 Å². The van der Waals surface area contributed by atoms with Crippen molar-refractivity contribution >= 4 is 11.5 Å². The highest BCUT2D eigenvalue weighted by Gasteiger charge is 2.20. The second-order valence-corrected chi connectivity index (χ2v) is 5.49. The van der Waals surface area contributed by atoms with Crippen molar-refractivity contribution in [3.8, 4) is 0 Å². The molecule has 102 valence electrons. The number of hydrogen-bond donors (Lipinski definition) is 1. The third-order valence-corrected chi connectivity index (χ3v) is 3.77. The number of benzene rings is 1. The number of halogens is 2. The number of nitrogens with zero attached hydrogens (tertiary/aromatic N) is 2. The summed E-state index contributed by atoms with van der Waals surface area (Å²) >= 11 is 1.21. The summed E-state index contributed by atoms with van der Waals surface area (Å²) in [5, 5.41) is 4.04. The van der Waals surface area contributed by atoms with Gasteiger partial charge in [-0.1, -0.05) is 30.5 Å². The molecule has 19 heavy (non-hydrogen) atoms. The van der Waals surface area contributed by atoms with Gasteiger partial charge in [-0.15, -0.1) is 5.10 Å². The average Bonchev–Trinajstić information content (AvgIpc) is 2.84. The normalized spacial score (nSPS) is 12.9. The van der Waals surface area contributed by atoms with Crippen LogP contribution >= 0.6 is 11.5 Å². The fourth-order valence-corrected chi connectivity index (χ4v) is 2.70. The first-order valence-corrected chi connectivity index (χ1v) is 6.78. The van der Waals surface area contributed by atoms with E-state index in [1.807, 2.05) is 13.8 Å². The van der Waals surface area contributed by atoms with Crippen molar-refractivity contribution in [2.75, 3.05) is 0 Å². The third-order valence-electron chi connectivity index (χ3n) is 2.90. The van der Waals surface area contributed by atoms with E-state index in [4.69, 9.17) is 5.73 Å². The van der Waals surface area contributed by atoms with E-state index < -0.39 is 17.7 Å². The van der Waals surface area contributed by atoms with Crippen LogP contribution < -0.4 is 5.73 Å². The molecule has 2 rings (SSSR count). The van der Waals surface area contributed by atoms with Crippen LogP contribution in [0.25, 0.3) is 0 Å². The zero-order valence-corrected chi connectivity index (χ0v) is 11.5. The van der Waals surface area contributed by atoms with Crippen molar-refractivity contribution in [3.05, 3.63) is 46.0 Å². The van der Waals surface area contributed by atoms with Gasteiger partial charge in [-0.3, -0.25) is 0 Å². The molecule has 0 bridgehead atoms. The Hall–Kier alpha value is -1.40. The van der Waals surface area contributed by atoms with Gasteiger partial charge in [0, 0.05) is 6.04 Å². The van der Waals surface area contributed by atoms with Crippen LogP contribution in [-0.2, 0) is 6.42 Å². The van der Waals surface area contributed by atoms with Gasteiger partial charge in [0.05, 0.1) is 10.6 Å². The van der Waals surface area contributed by atoms with Crippen molar-refractivity contribution in [2.45, 2.75) is 32.2 Å². The Morgan fingerprint density at radius 2 is 2.05 bits per heavy atom. The molecule has 2 N–H and O–H groups in total. The smallest absolute Gasteiger partial charge is 0.162 e. The van der Waals surface area contributed by atoms with E-state index in [9.17, 15) is 8.78 Å². The zero-order chi connectivity index (χ0) is 14.0.